The first-order valence-corrected chi connectivity index (χ1v) is 5.88. The average molecular weight is 265 g/mol. The third kappa shape index (κ3) is 3.37. The molecular weight excluding hydrogens is 252 g/mol. The Morgan fingerprint density at radius 3 is 2.89 bits per heavy atom. The van der Waals surface area contributed by atoms with Crippen LogP contribution in [0, 0.1) is 11.6 Å². The van der Waals surface area contributed by atoms with Gasteiger partial charge >= 0.3 is 0 Å². The zero-order valence-electron chi connectivity index (χ0n) is 10.4. The van der Waals surface area contributed by atoms with E-state index < -0.39 is 11.6 Å². The Balaban J connectivity index is 2.16. The number of aromatic nitrogens is 2. The summed E-state index contributed by atoms with van der Waals surface area (Å²) in [5.74, 6) is -1.48. The van der Waals surface area contributed by atoms with Crippen molar-refractivity contribution in [1.29, 1.82) is 0 Å². The van der Waals surface area contributed by atoms with Crippen LogP contribution in [-0.2, 0) is 0 Å². The molecule has 0 aliphatic heterocycles. The van der Waals surface area contributed by atoms with E-state index in [0.717, 1.165) is 19.0 Å². The number of rotatable bonds is 5. The maximum Gasteiger partial charge on any atom is 0.224 e. The van der Waals surface area contributed by atoms with Gasteiger partial charge in [0.2, 0.25) is 11.7 Å². The number of nitrogens with one attached hydrogen (secondary N) is 1. The minimum Gasteiger partial charge on any atom is -0.436 e. The third-order valence-electron chi connectivity index (χ3n) is 2.33. The summed E-state index contributed by atoms with van der Waals surface area (Å²) in [7, 11) is 0. The Morgan fingerprint density at radius 1 is 1.26 bits per heavy atom. The molecule has 0 radical (unpaired) electrons. The van der Waals surface area contributed by atoms with Gasteiger partial charge in [-0.3, -0.25) is 0 Å². The topological polar surface area (TPSA) is 47.0 Å². The van der Waals surface area contributed by atoms with Crippen LogP contribution in [0.5, 0.6) is 11.6 Å². The molecule has 0 saturated carbocycles. The minimum atomic E-state index is -1.04. The zero-order valence-corrected chi connectivity index (χ0v) is 10.4. The van der Waals surface area contributed by atoms with E-state index >= 15 is 0 Å². The van der Waals surface area contributed by atoms with E-state index in [1.807, 2.05) is 6.92 Å². The lowest BCUT2D eigenvalue weighted by atomic mass is 10.3. The number of nitrogens with zero attached hydrogens (tertiary/aromatic N) is 2. The highest BCUT2D eigenvalue weighted by atomic mass is 19.2. The SMILES string of the molecule is CCCNc1cc(Oc2cccc(F)c2F)ncn1. The standard InChI is InChI=1S/C13H13F2N3O/c1-2-6-16-11-7-12(18-8-17-11)19-10-5-3-4-9(14)13(10)15/h3-5,7-8H,2,6H2,1H3,(H,16,17,18). The Hall–Kier alpha value is -2.24. The van der Waals surface area contributed by atoms with Gasteiger partial charge in [0.25, 0.3) is 0 Å². The molecule has 1 aromatic carbocycles. The van der Waals surface area contributed by atoms with Crippen LogP contribution in [0.15, 0.2) is 30.6 Å². The monoisotopic (exact) mass is 265 g/mol. The van der Waals surface area contributed by atoms with Gasteiger partial charge in [-0.05, 0) is 18.6 Å². The Kier molecular flexibility index (Phi) is 4.22. The van der Waals surface area contributed by atoms with E-state index in [1.165, 1.54) is 24.5 Å². The second kappa shape index (κ2) is 6.08. The fourth-order valence-electron chi connectivity index (χ4n) is 1.42. The van der Waals surface area contributed by atoms with E-state index in [0.29, 0.717) is 5.82 Å². The second-order valence-corrected chi connectivity index (χ2v) is 3.82. The number of ether oxygens (including phenoxy) is 1. The first-order valence-electron chi connectivity index (χ1n) is 5.88. The summed E-state index contributed by atoms with van der Waals surface area (Å²) in [6.07, 6.45) is 2.24. The van der Waals surface area contributed by atoms with Crippen molar-refractivity contribution in [2.45, 2.75) is 13.3 Å². The fraction of sp³-hybridized carbons (Fsp3) is 0.231. The number of hydrogen-bond acceptors (Lipinski definition) is 4. The van der Waals surface area contributed by atoms with E-state index in [2.05, 4.69) is 15.3 Å². The minimum absolute atomic E-state index is 0.151. The van der Waals surface area contributed by atoms with Crippen molar-refractivity contribution < 1.29 is 13.5 Å². The molecule has 0 atom stereocenters. The summed E-state index contributed by atoms with van der Waals surface area (Å²) in [6.45, 7) is 2.78. The summed E-state index contributed by atoms with van der Waals surface area (Å²) in [4.78, 5) is 7.84. The Morgan fingerprint density at radius 2 is 2.11 bits per heavy atom. The van der Waals surface area contributed by atoms with Gasteiger partial charge in [0.1, 0.15) is 12.1 Å². The quantitative estimate of drug-likeness (QED) is 0.900. The number of anilines is 1. The van der Waals surface area contributed by atoms with Gasteiger partial charge in [0.15, 0.2) is 11.6 Å². The lowest BCUT2D eigenvalue weighted by Crippen LogP contribution is -2.02. The molecular formula is C13H13F2N3O. The van der Waals surface area contributed by atoms with Gasteiger partial charge in [-0.15, -0.1) is 0 Å². The van der Waals surface area contributed by atoms with E-state index in [4.69, 9.17) is 4.74 Å². The summed E-state index contributed by atoms with van der Waals surface area (Å²) < 4.78 is 31.7. The van der Waals surface area contributed by atoms with Crippen molar-refractivity contribution in [1.82, 2.24) is 9.97 Å². The maximum atomic E-state index is 13.4. The van der Waals surface area contributed by atoms with Crippen LogP contribution >= 0.6 is 0 Å². The first kappa shape index (κ1) is 13.2. The summed E-state index contributed by atoms with van der Waals surface area (Å²) in [6, 6.07) is 5.25. The molecule has 100 valence electrons. The molecule has 0 bridgehead atoms. The summed E-state index contributed by atoms with van der Waals surface area (Å²) in [5, 5.41) is 3.05. The van der Waals surface area contributed by atoms with Crippen LogP contribution in [0.25, 0.3) is 0 Å². The van der Waals surface area contributed by atoms with E-state index in [9.17, 15) is 8.78 Å². The lowest BCUT2D eigenvalue weighted by Gasteiger charge is -2.08. The van der Waals surface area contributed by atoms with Crippen molar-refractivity contribution in [2.75, 3.05) is 11.9 Å². The molecule has 4 nitrogen and oxygen atoms in total. The molecule has 19 heavy (non-hydrogen) atoms. The highest BCUT2D eigenvalue weighted by Gasteiger charge is 2.10. The molecule has 1 aromatic heterocycles. The van der Waals surface area contributed by atoms with E-state index in [1.54, 1.807) is 0 Å². The van der Waals surface area contributed by atoms with Crippen LogP contribution in [0.4, 0.5) is 14.6 Å². The van der Waals surface area contributed by atoms with Crippen LogP contribution < -0.4 is 10.1 Å². The molecule has 2 rings (SSSR count). The fourth-order valence-corrected chi connectivity index (χ4v) is 1.42. The largest absolute Gasteiger partial charge is 0.436 e. The predicted octanol–water partition coefficient (Wildman–Crippen LogP) is 3.37. The lowest BCUT2D eigenvalue weighted by molar-refractivity contribution is 0.405. The van der Waals surface area contributed by atoms with Crippen LogP contribution in [0.1, 0.15) is 13.3 Å². The number of benzene rings is 1. The van der Waals surface area contributed by atoms with Crippen LogP contribution in [0.3, 0.4) is 0 Å². The van der Waals surface area contributed by atoms with Gasteiger partial charge in [-0.1, -0.05) is 13.0 Å². The molecule has 1 heterocycles. The van der Waals surface area contributed by atoms with Gasteiger partial charge in [-0.25, -0.2) is 14.4 Å². The predicted molar refractivity (Wildman–Crippen MR) is 67.2 cm³/mol. The molecule has 0 unspecified atom stereocenters. The molecule has 0 fully saturated rings. The third-order valence-corrected chi connectivity index (χ3v) is 2.33. The zero-order chi connectivity index (χ0) is 13.7. The molecule has 0 spiro atoms. The van der Waals surface area contributed by atoms with Crippen LogP contribution in [-0.4, -0.2) is 16.5 Å². The van der Waals surface area contributed by atoms with Crippen LogP contribution in [0.2, 0.25) is 0 Å². The van der Waals surface area contributed by atoms with Crippen molar-refractivity contribution in [2.24, 2.45) is 0 Å². The second-order valence-electron chi connectivity index (χ2n) is 3.82. The number of hydrogen-bond donors (Lipinski definition) is 1. The molecule has 0 aliphatic carbocycles. The van der Waals surface area contributed by atoms with E-state index in [-0.39, 0.29) is 11.6 Å². The molecule has 0 saturated heterocycles. The van der Waals surface area contributed by atoms with Crippen molar-refractivity contribution in [3.63, 3.8) is 0 Å². The van der Waals surface area contributed by atoms with Gasteiger partial charge in [-0.2, -0.15) is 4.39 Å². The molecule has 6 heteroatoms. The highest BCUT2D eigenvalue weighted by Crippen LogP contribution is 2.25. The normalized spacial score (nSPS) is 10.3. The van der Waals surface area contributed by atoms with Crippen molar-refractivity contribution in [3.05, 3.63) is 42.2 Å². The summed E-state index contributed by atoms with van der Waals surface area (Å²) >= 11 is 0. The molecule has 2 aromatic rings. The Labute approximate surface area is 109 Å². The van der Waals surface area contributed by atoms with Crippen molar-refractivity contribution in [3.8, 4) is 11.6 Å². The number of halogens is 2. The summed E-state index contributed by atoms with van der Waals surface area (Å²) in [5.41, 5.74) is 0. The van der Waals surface area contributed by atoms with Gasteiger partial charge in [0, 0.05) is 12.6 Å². The van der Waals surface area contributed by atoms with Gasteiger partial charge < -0.3 is 10.1 Å². The van der Waals surface area contributed by atoms with Crippen molar-refractivity contribution >= 4 is 5.82 Å². The first-order chi connectivity index (χ1) is 9.20. The van der Waals surface area contributed by atoms with Gasteiger partial charge in [0.05, 0.1) is 0 Å². The maximum absolute atomic E-state index is 13.4. The highest BCUT2D eigenvalue weighted by molar-refractivity contribution is 5.39. The Bertz CT molecular complexity index is 563. The smallest absolute Gasteiger partial charge is 0.224 e. The average Bonchev–Trinajstić information content (AvgIpc) is 2.42. The molecule has 0 aliphatic rings. The molecule has 1 N–H and O–H groups in total. The molecule has 0 amide bonds.